The van der Waals surface area contributed by atoms with E-state index in [1.165, 1.54) is 0 Å². The lowest BCUT2D eigenvalue weighted by molar-refractivity contribution is -0.0596. The fraction of sp³-hybridized carbons (Fsp3) is 0.290. The van der Waals surface area contributed by atoms with E-state index in [4.69, 9.17) is 9.15 Å². The molecule has 0 aliphatic carbocycles. The molecule has 3 aromatic carbocycles. The van der Waals surface area contributed by atoms with Crippen molar-refractivity contribution in [3.8, 4) is 17.1 Å². The van der Waals surface area contributed by atoms with Gasteiger partial charge in [0, 0.05) is 50.4 Å². The van der Waals surface area contributed by atoms with Gasteiger partial charge in [0.25, 0.3) is 5.91 Å². The molecule has 8 nitrogen and oxygen atoms in total. The second-order valence-corrected chi connectivity index (χ2v) is 9.72. The van der Waals surface area contributed by atoms with Crippen LogP contribution >= 0.6 is 0 Å². The average molecular weight is 528 g/mol. The smallest absolute Gasteiger partial charge is 0.281 e. The molecule has 39 heavy (non-hydrogen) atoms. The first-order valence-electron chi connectivity index (χ1n) is 13.2. The summed E-state index contributed by atoms with van der Waals surface area (Å²) in [5.41, 5.74) is 2.48. The van der Waals surface area contributed by atoms with Gasteiger partial charge in [-0.1, -0.05) is 48.5 Å². The van der Waals surface area contributed by atoms with Crippen LogP contribution in [0, 0.1) is 6.92 Å². The van der Waals surface area contributed by atoms with Gasteiger partial charge in [-0.25, -0.2) is 5.06 Å². The minimum atomic E-state index is -0.590. The Bertz CT molecular complexity index is 1510. The van der Waals surface area contributed by atoms with Crippen molar-refractivity contribution in [2.75, 3.05) is 51.3 Å². The van der Waals surface area contributed by atoms with Crippen LogP contribution in [-0.2, 0) is 0 Å². The first-order chi connectivity index (χ1) is 19.0. The number of piperazine rings is 1. The molecule has 1 aliphatic heterocycles. The zero-order valence-corrected chi connectivity index (χ0v) is 22.3. The monoisotopic (exact) mass is 527 g/mol. The zero-order valence-electron chi connectivity index (χ0n) is 22.3. The van der Waals surface area contributed by atoms with Crippen molar-refractivity contribution >= 4 is 22.6 Å². The highest BCUT2D eigenvalue weighted by molar-refractivity contribution is 6.04. The lowest BCUT2D eigenvalue weighted by atomic mass is 10.0. The summed E-state index contributed by atoms with van der Waals surface area (Å²) >= 11 is 0. The van der Waals surface area contributed by atoms with Gasteiger partial charge in [0.05, 0.1) is 23.7 Å². The Morgan fingerprint density at radius 3 is 2.44 bits per heavy atom. The van der Waals surface area contributed by atoms with Gasteiger partial charge >= 0.3 is 0 Å². The maximum absolute atomic E-state index is 13.2. The molecule has 4 aromatic rings. The zero-order chi connectivity index (χ0) is 27.4. The van der Waals surface area contributed by atoms with E-state index in [-0.39, 0.29) is 23.1 Å². The Morgan fingerprint density at radius 2 is 1.69 bits per heavy atom. The van der Waals surface area contributed by atoms with E-state index >= 15 is 0 Å². The third kappa shape index (κ3) is 5.53. The van der Waals surface area contributed by atoms with Gasteiger partial charge in [0.1, 0.15) is 11.5 Å². The predicted octanol–water partition coefficient (Wildman–Crippen LogP) is 4.82. The number of hydrogen-bond donors (Lipinski definition) is 1. The molecule has 1 fully saturated rings. The minimum Gasteiger partial charge on any atom is -0.495 e. The second-order valence-electron chi connectivity index (χ2n) is 9.72. The molecule has 0 spiro atoms. The van der Waals surface area contributed by atoms with Crippen LogP contribution in [0.3, 0.4) is 0 Å². The summed E-state index contributed by atoms with van der Waals surface area (Å²) in [6.45, 7) is 6.16. The van der Waals surface area contributed by atoms with Crippen LogP contribution in [0.4, 0.5) is 5.69 Å². The van der Waals surface area contributed by atoms with Crippen molar-refractivity contribution in [2.24, 2.45) is 0 Å². The number of amides is 1. The van der Waals surface area contributed by atoms with E-state index in [2.05, 4.69) is 15.9 Å². The molecule has 8 heteroatoms. The summed E-state index contributed by atoms with van der Waals surface area (Å²) in [4.78, 5) is 31.0. The van der Waals surface area contributed by atoms with Crippen molar-refractivity contribution in [1.29, 1.82) is 0 Å². The van der Waals surface area contributed by atoms with Crippen molar-refractivity contribution in [2.45, 2.75) is 13.3 Å². The largest absolute Gasteiger partial charge is 0.495 e. The number of carbonyl (C=O) groups is 1. The maximum atomic E-state index is 13.2. The first-order valence-corrected chi connectivity index (χ1v) is 13.2. The average Bonchev–Trinajstić information content (AvgIpc) is 2.99. The van der Waals surface area contributed by atoms with Crippen LogP contribution < -0.4 is 15.1 Å². The highest BCUT2D eigenvalue weighted by Gasteiger charge is 2.23. The second kappa shape index (κ2) is 11.7. The number of nitrogens with zero attached hydrogens (tertiary/aromatic N) is 3. The van der Waals surface area contributed by atoms with Gasteiger partial charge in [-0.2, -0.15) is 0 Å². The SMILES string of the molecule is COc1ccccc1N1CCN(CCCN(O)C(=O)c2cccc3c(=O)c(C)c(-c4ccccc4)oc23)CC1. The Labute approximate surface area is 227 Å². The Kier molecular flexibility index (Phi) is 7.95. The third-order valence-corrected chi connectivity index (χ3v) is 7.29. The van der Waals surface area contributed by atoms with Crippen LogP contribution in [0.15, 0.2) is 82.0 Å². The molecule has 1 amide bonds. The Hall–Kier alpha value is -4.14. The highest BCUT2D eigenvalue weighted by atomic mass is 16.5. The van der Waals surface area contributed by atoms with E-state index < -0.39 is 5.91 Å². The molecule has 0 radical (unpaired) electrons. The summed E-state index contributed by atoms with van der Waals surface area (Å²) in [5, 5.41) is 11.7. The molecule has 202 valence electrons. The van der Waals surface area contributed by atoms with Crippen molar-refractivity contribution in [3.63, 3.8) is 0 Å². The van der Waals surface area contributed by atoms with E-state index in [9.17, 15) is 14.8 Å². The molecule has 2 heterocycles. The van der Waals surface area contributed by atoms with Crippen LogP contribution in [0.25, 0.3) is 22.3 Å². The van der Waals surface area contributed by atoms with Gasteiger partial charge in [-0.05, 0) is 37.6 Å². The van der Waals surface area contributed by atoms with Crippen LogP contribution in [0.1, 0.15) is 22.3 Å². The fourth-order valence-corrected chi connectivity index (χ4v) is 5.13. The number of hydrogen-bond acceptors (Lipinski definition) is 7. The molecular formula is C31H33N3O5. The summed E-state index contributed by atoms with van der Waals surface area (Å²) in [7, 11) is 1.69. The van der Waals surface area contributed by atoms with E-state index in [1.54, 1.807) is 32.2 Å². The normalized spacial score (nSPS) is 14.0. The number of hydroxylamine groups is 2. The molecule has 0 unspecified atom stereocenters. The summed E-state index contributed by atoms with van der Waals surface area (Å²) in [6.07, 6.45) is 0.611. The molecule has 1 saturated heterocycles. The topological polar surface area (TPSA) is 86.5 Å². The molecule has 0 saturated carbocycles. The van der Waals surface area contributed by atoms with Gasteiger partial charge in [-0.3, -0.25) is 19.7 Å². The van der Waals surface area contributed by atoms with Crippen LogP contribution in [0.2, 0.25) is 0 Å². The van der Waals surface area contributed by atoms with Crippen LogP contribution in [0.5, 0.6) is 5.75 Å². The summed E-state index contributed by atoms with van der Waals surface area (Å²) in [5.74, 6) is 0.702. The van der Waals surface area contributed by atoms with Gasteiger partial charge in [-0.15, -0.1) is 0 Å². The van der Waals surface area contributed by atoms with Crippen LogP contribution in [-0.4, -0.2) is 67.5 Å². The Morgan fingerprint density at radius 1 is 0.974 bits per heavy atom. The number of carbonyl (C=O) groups excluding carboxylic acids is 1. The molecule has 1 N–H and O–H groups in total. The number of ether oxygens (including phenoxy) is 1. The summed E-state index contributed by atoms with van der Waals surface area (Å²) < 4.78 is 11.6. The molecule has 1 aliphatic rings. The van der Waals surface area contributed by atoms with Crippen molar-refractivity contribution in [1.82, 2.24) is 9.96 Å². The lowest BCUT2D eigenvalue weighted by Gasteiger charge is -2.36. The van der Waals surface area contributed by atoms with Gasteiger partial charge in [0.2, 0.25) is 0 Å². The first kappa shape index (κ1) is 26.5. The predicted molar refractivity (Wildman–Crippen MR) is 152 cm³/mol. The number of fused-ring (bicyclic) bond motifs is 1. The maximum Gasteiger partial charge on any atom is 0.281 e. The number of rotatable bonds is 8. The van der Waals surface area contributed by atoms with E-state index in [0.717, 1.165) is 54.8 Å². The number of anilines is 1. The summed E-state index contributed by atoms with van der Waals surface area (Å²) in [6, 6.07) is 22.2. The number of para-hydroxylation sites is 3. The highest BCUT2D eigenvalue weighted by Crippen LogP contribution is 2.29. The third-order valence-electron chi connectivity index (χ3n) is 7.29. The molecule has 5 rings (SSSR count). The van der Waals surface area contributed by atoms with Gasteiger partial charge < -0.3 is 14.1 Å². The minimum absolute atomic E-state index is 0.162. The molecule has 0 bridgehead atoms. The lowest BCUT2D eigenvalue weighted by Crippen LogP contribution is -2.47. The van der Waals surface area contributed by atoms with Crippen molar-refractivity contribution in [3.05, 3.63) is 94.1 Å². The molecular weight excluding hydrogens is 494 g/mol. The van der Waals surface area contributed by atoms with Gasteiger partial charge in [0.15, 0.2) is 11.0 Å². The quantitative estimate of drug-likeness (QED) is 0.260. The standard InChI is InChI=1S/C31H33N3O5/c1-22-28(35)24-12-8-13-25(30(24)39-29(22)23-10-4-3-5-11-23)31(36)34(37)17-9-16-32-18-20-33(21-19-32)26-14-6-7-15-27(26)38-2/h3-8,10-15,37H,9,16-21H2,1-2H3. The molecule has 0 atom stereocenters. The molecule has 1 aromatic heterocycles. The fourth-order valence-electron chi connectivity index (χ4n) is 5.13. The number of benzene rings is 3. The Balaban J connectivity index is 1.23. The number of methoxy groups -OCH3 is 1. The van der Waals surface area contributed by atoms with E-state index in [0.29, 0.717) is 23.1 Å². The van der Waals surface area contributed by atoms with E-state index in [1.807, 2.05) is 48.5 Å². The van der Waals surface area contributed by atoms with Crippen molar-refractivity contribution < 1.29 is 19.2 Å².